The average molecular weight is 146 g/mol. The molecular formula is C7H18N2O. The molecule has 0 bridgehead atoms. The van der Waals surface area contributed by atoms with E-state index in [1.54, 1.807) is 0 Å². The predicted molar refractivity (Wildman–Crippen MR) is 42.8 cm³/mol. The first kappa shape index (κ1) is 9.88. The van der Waals surface area contributed by atoms with Gasteiger partial charge in [-0.2, -0.15) is 0 Å². The van der Waals surface area contributed by atoms with Crippen molar-refractivity contribution in [3.63, 3.8) is 0 Å². The van der Waals surface area contributed by atoms with Gasteiger partial charge in [-0.15, -0.1) is 0 Å². The molecule has 1 saturated heterocycles. The zero-order valence-corrected chi connectivity index (χ0v) is 6.80. The molecule has 2 unspecified atom stereocenters. The van der Waals surface area contributed by atoms with Gasteiger partial charge in [-0.05, 0) is 6.42 Å². The molecule has 3 heteroatoms. The van der Waals surface area contributed by atoms with Crippen molar-refractivity contribution < 1.29 is 5.11 Å². The Balaban J connectivity index is 0.000000371. The predicted octanol–water partition coefficient (Wildman–Crippen LogP) is -0.306. The van der Waals surface area contributed by atoms with Crippen molar-refractivity contribution in [3.8, 4) is 0 Å². The lowest BCUT2D eigenvalue weighted by Gasteiger charge is -2.01. The first-order chi connectivity index (χ1) is 4.83. The summed E-state index contributed by atoms with van der Waals surface area (Å²) in [6.07, 6.45) is 0.913. The van der Waals surface area contributed by atoms with Crippen molar-refractivity contribution in [3.05, 3.63) is 0 Å². The van der Waals surface area contributed by atoms with Gasteiger partial charge in [-0.25, -0.2) is 0 Å². The fourth-order valence-corrected chi connectivity index (χ4v) is 0.989. The van der Waals surface area contributed by atoms with Crippen LogP contribution < -0.4 is 11.1 Å². The summed E-state index contributed by atoms with van der Waals surface area (Å²) >= 11 is 0. The summed E-state index contributed by atoms with van der Waals surface area (Å²) < 4.78 is 0. The summed E-state index contributed by atoms with van der Waals surface area (Å²) in [5.74, 6) is 0. The fourth-order valence-electron chi connectivity index (χ4n) is 0.989. The average Bonchev–Trinajstić information content (AvgIpc) is 2.40. The Bertz CT molecular complexity index is 78.0. The van der Waals surface area contributed by atoms with Crippen LogP contribution in [0.1, 0.15) is 20.3 Å². The minimum atomic E-state index is 0.216. The Morgan fingerprint density at radius 2 is 2.20 bits per heavy atom. The molecule has 0 spiro atoms. The van der Waals surface area contributed by atoms with Crippen molar-refractivity contribution in [2.24, 2.45) is 5.73 Å². The third-order valence-corrected chi connectivity index (χ3v) is 1.48. The summed E-state index contributed by atoms with van der Waals surface area (Å²) in [5.41, 5.74) is 5.53. The lowest BCUT2D eigenvalue weighted by atomic mass is 10.2. The van der Waals surface area contributed by atoms with Crippen LogP contribution in [0, 0.1) is 0 Å². The van der Waals surface area contributed by atoms with Gasteiger partial charge in [0.25, 0.3) is 0 Å². The number of hydrogen-bond donors (Lipinski definition) is 3. The molecule has 1 aliphatic rings. The molecule has 4 N–H and O–H groups in total. The van der Waals surface area contributed by atoms with Gasteiger partial charge in [0.2, 0.25) is 0 Å². The van der Waals surface area contributed by atoms with E-state index >= 15 is 0 Å². The van der Waals surface area contributed by atoms with E-state index in [0.717, 1.165) is 13.0 Å². The Morgan fingerprint density at radius 1 is 1.60 bits per heavy atom. The first-order valence-corrected chi connectivity index (χ1v) is 3.92. The van der Waals surface area contributed by atoms with Crippen molar-refractivity contribution in [1.29, 1.82) is 0 Å². The van der Waals surface area contributed by atoms with Gasteiger partial charge in [-0.3, -0.25) is 0 Å². The maximum absolute atomic E-state index is 8.57. The number of nitrogens with two attached hydrogens (primary N) is 1. The van der Waals surface area contributed by atoms with Crippen LogP contribution in [0.4, 0.5) is 0 Å². The van der Waals surface area contributed by atoms with Crippen LogP contribution in [0.5, 0.6) is 0 Å². The number of aliphatic hydroxyl groups excluding tert-OH is 1. The third kappa shape index (κ3) is 3.15. The molecule has 1 heterocycles. The van der Waals surface area contributed by atoms with Crippen molar-refractivity contribution in [1.82, 2.24) is 5.32 Å². The molecule has 1 fully saturated rings. The van der Waals surface area contributed by atoms with E-state index in [9.17, 15) is 0 Å². The van der Waals surface area contributed by atoms with Crippen molar-refractivity contribution >= 4 is 0 Å². The second-order valence-corrected chi connectivity index (χ2v) is 2.28. The molecule has 10 heavy (non-hydrogen) atoms. The molecule has 0 radical (unpaired) electrons. The first-order valence-electron chi connectivity index (χ1n) is 3.92. The summed E-state index contributed by atoms with van der Waals surface area (Å²) in [6, 6.07) is 0.511. The van der Waals surface area contributed by atoms with E-state index in [-0.39, 0.29) is 18.7 Å². The highest BCUT2D eigenvalue weighted by Gasteiger charge is 2.18. The summed E-state index contributed by atoms with van der Waals surface area (Å²) in [7, 11) is 0. The SMILES string of the molecule is CC.NC1CNC(CO)C1. The van der Waals surface area contributed by atoms with Crippen LogP contribution in [0.25, 0.3) is 0 Å². The zero-order chi connectivity index (χ0) is 7.98. The zero-order valence-electron chi connectivity index (χ0n) is 6.80. The maximum atomic E-state index is 8.57. The minimum absolute atomic E-state index is 0.216. The lowest BCUT2D eigenvalue weighted by Crippen LogP contribution is -2.25. The highest BCUT2D eigenvalue weighted by molar-refractivity contribution is 4.82. The molecule has 1 rings (SSSR count). The van der Waals surface area contributed by atoms with Crippen LogP contribution in [-0.4, -0.2) is 30.3 Å². The highest BCUT2D eigenvalue weighted by Crippen LogP contribution is 2.01. The molecule has 2 atom stereocenters. The number of hydrogen-bond acceptors (Lipinski definition) is 3. The second kappa shape index (κ2) is 5.65. The summed E-state index contributed by atoms with van der Waals surface area (Å²) in [6.45, 7) is 5.07. The standard InChI is InChI=1S/C5H12N2O.C2H6/c6-4-1-5(3-8)7-2-4;1-2/h4-5,7-8H,1-3,6H2;1-2H3. The summed E-state index contributed by atoms with van der Waals surface area (Å²) in [5, 5.41) is 11.6. The second-order valence-electron chi connectivity index (χ2n) is 2.28. The fraction of sp³-hybridized carbons (Fsp3) is 1.00. The van der Waals surface area contributed by atoms with E-state index in [2.05, 4.69) is 5.32 Å². The maximum Gasteiger partial charge on any atom is 0.0585 e. The normalized spacial score (nSPS) is 31.2. The van der Waals surface area contributed by atoms with Gasteiger partial charge in [0.05, 0.1) is 6.61 Å². The van der Waals surface area contributed by atoms with Gasteiger partial charge in [0.1, 0.15) is 0 Å². The van der Waals surface area contributed by atoms with E-state index < -0.39 is 0 Å². The van der Waals surface area contributed by atoms with Crippen LogP contribution >= 0.6 is 0 Å². The van der Waals surface area contributed by atoms with Crippen LogP contribution in [0.15, 0.2) is 0 Å². The molecule has 0 amide bonds. The van der Waals surface area contributed by atoms with Gasteiger partial charge in [0, 0.05) is 18.6 Å². The largest absolute Gasteiger partial charge is 0.395 e. The van der Waals surface area contributed by atoms with Gasteiger partial charge >= 0.3 is 0 Å². The Hall–Kier alpha value is -0.120. The lowest BCUT2D eigenvalue weighted by molar-refractivity contribution is 0.254. The topological polar surface area (TPSA) is 58.3 Å². The Labute approximate surface area is 62.6 Å². The molecule has 3 nitrogen and oxygen atoms in total. The quantitative estimate of drug-likeness (QED) is 0.476. The van der Waals surface area contributed by atoms with E-state index in [0.29, 0.717) is 0 Å². The van der Waals surface area contributed by atoms with E-state index in [4.69, 9.17) is 10.8 Å². The molecule has 0 aromatic carbocycles. The van der Waals surface area contributed by atoms with Crippen molar-refractivity contribution in [2.75, 3.05) is 13.2 Å². The monoisotopic (exact) mass is 146 g/mol. The molecule has 62 valence electrons. The molecular weight excluding hydrogens is 128 g/mol. The number of rotatable bonds is 1. The number of nitrogens with one attached hydrogen (secondary N) is 1. The third-order valence-electron chi connectivity index (χ3n) is 1.48. The smallest absolute Gasteiger partial charge is 0.0585 e. The van der Waals surface area contributed by atoms with Crippen LogP contribution in [0.3, 0.4) is 0 Å². The molecule has 0 aromatic heterocycles. The van der Waals surface area contributed by atoms with Crippen molar-refractivity contribution in [2.45, 2.75) is 32.4 Å². The molecule has 0 aliphatic carbocycles. The Kier molecular flexibility index (Phi) is 5.58. The van der Waals surface area contributed by atoms with Gasteiger partial charge < -0.3 is 16.2 Å². The summed E-state index contributed by atoms with van der Waals surface area (Å²) in [4.78, 5) is 0. The van der Waals surface area contributed by atoms with Crippen LogP contribution in [-0.2, 0) is 0 Å². The molecule has 0 aromatic rings. The van der Waals surface area contributed by atoms with Gasteiger partial charge in [-0.1, -0.05) is 13.8 Å². The minimum Gasteiger partial charge on any atom is -0.395 e. The molecule has 0 saturated carbocycles. The Morgan fingerprint density at radius 3 is 2.40 bits per heavy atom. The van der Waals surface area contributed by atoms with Crippen LogP contribution in [0.2, 0.25) is 0 Å². The molecule has 1 aliphatic heterocycles. The van der Waals surface area contributed by atoms with E-state index in [1.807, 2.05) is 13.8 Å². The highest BCUT2D eigenvalue weighted by atomic mass is 16.3. The van der Waals surface area contributed by atoms with E-state index in [1.165, 1.54) is 0 Å². The van der Waals surface area contributed by atoms with Gasteiger partial charge in [0.15, 0.2) is 0 Å². The number of aliphatic hydroxyl groups is 1.